The first-order valence-corrected chi connectivity index (χ1v) is 9.20. The van der Waals surface area contributed by atoms with E-state index in [-0.39, 0.29) is 22.4 Å². The van der Waals surface area contributed by atoms with Crippen molar-refractivity contribution in [2.75, 3.05) is 13.1 Å². The normalized spacial score (nSPS) is 11.2. The van der Waals surface area contributed by atoms with Crippen molar-refractivity contribution in [1.82, 2.24) is 15.0 Å². The third-order valence-corrected chi connectivity index (χ3v) is 5.06. The Bertz CT molecular complexity index is 808. The number of rotatable bonds is 7. The molecule has 0 saturated heterocycles. The quantitative estimate of drug-likeness (QED) is 0.734. The van der Waals surface area contributed by atoms with Crippen molar-refractivity contribution in [1.29, 1.82) is 0 Å². The van der Waals surface area contributed by atoms with E-state index in [1.165, 1.54) is 18.5 Å². The van der Waals surface area contributed by atoms with Crippen LogP contribution in [0.4, 0.5) is 0 Å². The van der Waals surface area contributed by atoms with E-state index in [0.717, 1.165) is 5.56 Å². The highest BCUT2D eigenvalue weighted by Gasteiger charge is 2.13. The lowest BCUT2D eigenvalue weighted by Gasteiger charge is -2.08. The van der Waals surface area contributed by atoms with Crippen LogP contribution >= 0.6 is 11.6 Å². The first kappa shape index (κ1) is 18.4. The third kappa shape index (κ3) is 5.02. The molecule has 6 nitrogen and oxygen atoms in total. The van der Waals surface area contributed by atoms with Gasteiger partial charge in [-0.25, -0.2) is 13.1 Å². The summed E-state index contributed by atoms with van der Waals surface area (Å²) in [6.07, 6.45) is 3.34. The minimum atomic E-state index is -3.53. The lowest BCUT2D eigenvalue weighted by molar-refractivity contribution is 0.0953. The summed E-state index contributed by atoms with van der Waals surface area (Å²) in [5, 5.41) is 2.96. The Hall–Kier alpha value is -1.96. The molecule has 24 heavy (non-hydrogen) atoms. The summed E-state index contributed by atoms with van der Waals surface area (Å²) in [4.78, 5) is 15.9. The number of hydrogen-bond acceptors (Lipinski definition) is 4. The molecule has 0 atom stereocenters. The zero-order valence-corrected chi connectivity index (χ0v) is 14.7. The number of nitrogens with one attached hydrogen (secondary N) is 2. The average Bonchev–Trinajstić information content (AvgIpc) is 2.55. The lowest BCUT2D eigenvalue weighted by Crippen LogP contribution is -2.30. The number of amides is 1. The molecule has 128 valence electrons. The molecule has 0 radical (unpaired) electrons. The molecule has 0 spiro atoms. The molecule has 0 bridgehead atoms. The molecule has 2 N–H and O–H groups in total. The van der Waals surface area contributed by atoms with Crippen LogP contribution in [0, 0.1) is 6.92 Å². The van der Waals surface area contributed by atoms with Crippen LogP contribution in [0.1, 0.15) is 22.3 Å². The maximum absolute atomic E-state index is 12.1. The van der Waals surface area contributed by atoms with E-state index in [2.05, 4.69) is 15.0 Å². The third-order valence-electron chi connectivity index (χ3n) is 3.28. The fourth-order valence-corrected chi connectivity index (χ4v) is 3.23. The molecule has 0 saturated carbocycles. The number of carbonyl (C=O) groups is 1. The number of sulfonamides is 1. The Balaban J connectivity index is 1.78. The molecule has 0 aliphatic carbocycles. The summed E-state index contributed by atoms with van der Waals surface area (Å²) in [5.74, 6) is -0.316. The first-order valence-electron chi connectivity index (χ1n) is 7.34. The van der Waals surface area contributed by atoms with Crippen LogP contribution in [0.15, 0.2) is 47.6 Å². The van der Waals surface area contributed by atoms with E-state index >= 15 is 0 Å². The van der Waals surface area contributed by atoms with Gasteiger partial charge in [0.25, 0.3) is 5.91 Å². The molecular formula is C16H18ClN3O3S. The van der Waals surface area contributed by atoms with Gasteiger partial charge in [0.05, 0.1) is 15.5 Å². The fraction of sp³-hybridized carbons (Fsp3) is 0.250. The van der Waals surface area contributed by atoms with Gasteiger partial charge in [-0.05, 0) is 31.5 Å². The van der Waals surface area contributed by atoms with E-state index in [1.54, 1.807) is 24.3 Å². The molecule has 0 aliphatic heterocycles. The van der Waals surface area contributed by atoms with Crippen molar-refractivity contribution >= 4 is 27.5 Å². The topological polar surface area (TPSA) is 88.2 Å². The van der Waals surface area contributed by atoms with Gasteiger partial charge >= 0.3 is 0 Å². The van der Waals surface area contributed by atoms with Crippen LogP contribution in [-0.2, 0) is 10.0 Å². The molecule has 1 heterocycles. The lowest BCUT2D eigenvalue weighted by atomic mass is 10.2. The fourth-order valence-electron chi connectivity index (χ4n) is 1.95. The van der Waals surface area contributed by atoms with Gasteiger partial charge in [0.2, 0.25) is 10.0 Å². The van der Waals surface area contributed by atoms with Crippen LogP contribution in [0.3, 0.4) is 0 Å². The highest BCUT2D eigenvalue weighted by atomic mass is 35.5. The number of nitrogens with zero attached hydrogens (tertiary/aromatic N) is 1. The number of carbonyl (C=O) groups excluding carboxylic acids is 1. The highest BCUT2D eigenvalue weighted by molar-refractivity contribution is 7.89. The van der Waals surface area contributed by atoms with Gasteiger partial charge < -0.3 is 5.32 Å². The molecule has 0 aliphatic rings. The number of aryl methyl sites for hydroxylation is 1. The Morgan fingerprint density at radius 2 is 1.88 bits per heavy atom. The van der Waals surface area contributed by atoms with Crippen molar-refractivity contribution in [2.45, 2.75) is 18.2 Å². The van der Waals surface area contributed by atoms with E-state index in [9.17, 15) is 13.2 Å². The summed E-state index contributed by atoms with van der Waals surface area (Å²) >= 11 is 5.88. The van der Waals surface area contributed by atoms with Crippen molar-refractivity contribution in [2.24, 2.45) is 0 Å². The van der Waals surface area contributed by atoms with Crippen molar-refractivity contribution in [3.8, 4) is 0 Å². The maximum Gasteiger partial charge on any atom is 0.252 e. The first-order chi connectivity index (χ1) is 11.4. The summed E-state index contributed by atoms with van der Waals surface area (Å²) in [5.41, 5.74) is 1.33. The van der Waals surface area contributed by atoms with E-state index in [1.807, 2.05) is 6.92 Å². The zero-order valence-electron chi connectivity index (χ0n) is 13.1. The highest BCUT2D eigenvalue weighted by Crippen LogP contribution is 2.13. The van der Waals surface area contributed by atoms with Crippen molar-refractivity contribution in [3.05, 3.63) is 58.9 Å². The SMILES string of the molecule is Cc1ccc(S(=O)(=O)NCCCNC(=O)c2ccncc2Cl)cc1. The van der Waals surface area contributed by atoms with Crippen molar-refractivity contribution < 1.29 is 13.2 Å². The number of pyridine rings is 1. The molecule has 0 fully saturated rings. The largest absolute Gasteiger partial charge is 0.352 e. The van der Waals surface area contributed by atoms with Crippen LogP contribution in [0.2, 0.25) is 5.02 Å². The predicted molar refractivity (Wildman–Crippen MR) is 92.6 cm³/mol. The minimum Gasteiger partial charge on any atom is -0.352 e. The smallest absolute Gasteiger partial charge is 0.252 e. The monoisotopic (exact) mass is 367 g/mol. The Labute approximate surface area is 146 Å². The molecule has 8 heteroatoms. The molecular weight excluding hydrogens is 350 g/mol. The predicted octanol–water partition coefficient (Wildman–Crippen LogP) is 2.14. The van der Waals surface area contributed by atoms with Gasteiger partial charge in [-0.1, -0.05) is 29.3 Å². The average molecular weight is 368 g/mol. The van der Waals surface area contributed by atoms with Crippen LogP contribution in [0.5, 0.6) is 0 Å². The van der Waals surface area contributed by atoms with Crippen LogP contribution in [0.25, 0.3) is 0 Å². The zero-order chi connectivity index (χ0) is 17.6. The molecule has 1 amide bonds. The van der Waals surface area contributed by atoms with Crippen LogP contribution in [-0.4, -0.2) is 32.4 Å². The van der Waals surface area contributed by atoms with E-state index in [0.29, 0.717) is 18.5 Å². The Morgan fingerprint density at radius 1 is 1.17 bits per heavy atom. The van der Waals surface area contributed by atoms with Crippen molar-refractivity contribution in [3.63, 3.8) is 0 Å². The summed E-state index contributed by atoms with van der Waals surface area (Å²) < 4.78 is 26.7. The summed E-state index contributed by atoms with van der Waals surface area (Å²) in [7, 11) is -3.53. The second-order valence-corrected chi connectivity index (χ2v) is 7.35. The van der Waals surface area contributed by atoms with Gasteiger partial charge in [0.15, 0.2) is 0 Å². The Morgan fingerprint density at radius 3 is 2.54 bits per heavy atom. The maximum atomic E-state index is 12.1. The number of halogens is 1. The molecule has 2 aromatic rings. The Kier molecular flexibility index (Phi) is 6.30. The molecule has 1 aromatic carbocycles. The minimum absolute atomic E-state index is 0.223. The number of aromatic nitrogens is 1. The van der Waals surface area contributed by atoms with Gasteiger partial charge in [-0.2, -0.15) is 0 Å². The second kappa shape index (κ2) is 8.23. The second-order valence-electron chi connectivity index (χ2n) is 5.18. The summed E-state index contributed by atoms with van der Waals surface area (Å²) in [6.45, 7) is 2.44. The number of benzene rings is 1. The molecule has 0 unspecified atom stereocenters. The van der Waals surface area contributed by atoms with Crippen LogP contribution < -0.4 is 10.0 Å². The summed E-state index contributed by atoms with van der Waals surface area (Å²) in [6, 6.07) is 8.13. The molecule has 2 rings (SSSR count). The van der Waals surface area contributed by atoms with Gasteiger partial charge in [-0.3, -0.25) is 9.78 Å². The van der Waals surface area contributed by atoms with E-state index in [4.69, 9.17) is 11.6 Å². The van der Waals surface area contributed by atoms with Gasteiger partial charge in [-0.15, -0.1) is 0 Å². The standard InChI is InChI=1S/C16H18ClN3O3S/c1-12-3-5-13(6-4-12)24(22,23)20-9-2-8-19-16(21)14-7-10-18-11-15(14)17/h3-7,10-11,20H,2,8-9H2,1H3,(H,19,21). The molecule has 1 aromatic heterocycles. The number of hydrogen-bond donors (Lipinski definition) is 2. The van der Waals surface area contributed by atoms with E-state index < -0.39 is 10.0 Å². The van der Waals surface area contributed by atoms with Gasteiger partial charge in [0, 0.05) is 25.5 Å². The van der Waals surface area contributed by atoms with Gasteiger partial charge in [0.1, 0.15) is 0 Å².